The Balaban J connectivity index is 1.81. The first-order valence-corrected chi connectivity index (χ1v) is 18.2. The number of para-hydroxylation sites is 1. The van der Waals surface area contributed by atoms with Crippen molar-refractivity contribution in [3.63, 3.8) is 0 Å². The first-order chi connectivity index (χ1) is 18.5. The number of sulfonamides is 1. The monoisotopic (exact) mass is 574 g/mol. The van der Waals surface area contributed by atoms with Crippen LogP contribution in [0.4, 0.5) is 5.95 Å². The van der Waals surface area contributed by atoms with E-state index in [2.05, 4.69) is 39.8 Å². The Hall–Kier alpha value is -3.03. The summed E-state index contributed by atoms with van der Waals surface area (Å²) in [4.78, 5) is 8.71. The van der Waals surface area contributed by atoms with Crippen LogP contribution in [0.3, 0.4) is 0 Å². The Kier molecular flexibility index (Phi) is 8.62. The fourth-order valence-corrected chi connectivity index (χ4v) is 7.23. The molecule has 1 aliphatic heterocycles. The highest BCUT2D eigenvalue weighted by Gasteiger charge is 2.40. The van der Waals surface area contributed by atoms with E-state index >= 15 is 0 Å². The van der Waals surface area contributed by atoms with Gasteiger partial charge >= 0.3 is 0 Å². The van der Waals surface area contributed by atoms with Crippen LogP contribution in [0.15, 0.2) is 36.7 Å². The highest BCUT2D eigenvalue weighted by molar-refractivity contribution is 7.93. The molecule has 0 unspecified atom stereocenters. The molecule has 0 aliphatic carbocycles. The van der Waals surface area contributed by atoms with Crippen LogP contribution in [-0.2, 0) is 14.8 Å². The zero-order valence-corrected chi connectivity index (χ0v) is 25.5. The molecule has 1 aliphatic rings. The second kappa shape index (κ2) is 11.6. The minimum Gasteiger partial charge on any atom is -0.494 e. The number of anilines is 1. The SMILES string of the molecule is COC[C@H]1COc2ccccc2-c2nnc(N(CC[Si](C)(C)C)S(=O)(=O)[C@@H](C)[C@H](C)c3ncc(OC)cn3)n21. The Labute approximate surface area is 231 Å². The summed E-state index contributed by atoms with van der Waals surface area (Å²) in [6.07, 6.45) is 3.10. The summed E-state index contributed by atoms with van der Waals surface area (Å²) < 4.78 is 48.8. The molecule has 212 valence electrons. The van der Waals surface area contributed by atoms with E-state index in [1.807, 2.05) is 35.8 Å². The average Bonchev–Trinajstić information content (AvgIpc) is 3.27. The van der Waals surface area contributed by atoms with E-state index in [1.54, 1.807) is 26.4 Å². The number of hydrogen-bond acceptors (Lipinski definition) is 9. The lowest BCUT2D eigenvalue weighted by Gasteiger charge is -2.32. The van der Waals surface area contributed by atoms with Gasteiger partial charge < -0.3 is 14.2 Å². The Bertz CT molecular complexity index is 1380. The molecule has 3 heterocycles. The molecule has 0 spiro atoms. The molecule has 4 rings (SSSR count). The molecular formula is C26H38N6O5SSi. The van der Waals surface area contributed by atoms with Gasteiger partial charge in [-0.25, -0.2) is 22.7 Å². The van der Waals surface area contributed by atoms with Crippen LogP contribution in [0.25, 0.3) is 11.4 Å². The summed E-state index contributed by atoms with van der Waals surface area (Å²) in [6, 6.07) is 7.99. The maximum absolute atomic E-state index is 14.4. The molecule has 2 aromatic heterocycles. The predicted octanol–water partition coefficient (Wildman–Crippen LogP) is 3.99. The summed E-state index contributed by atoms with van der Waals surface area (Å²) in [5.74, 6) is 1.94. The molecule has 13 heteroatoms. The van der Waals surface area contributed by atoms with Gasteiger partial charge in [-0.2, -0.15) is 0 Å². The van der Waals surface area contributed by atoms with Crippen molar-refractivity contribution in [1.82, 2.24) is 24.7 Å². The van der Waals surface area contributed by atoms with Crippen molar-refractivity contribution in [1.29, 1.82) is 0 Å². The van der Waals surface area contributed by atoms with Gasteiger partial charge in [-0.05, 0) is 25.1 Å². The molecule has 0 N–H and O–H groups in total. The Morgan fingerprint density at radius 2 is 1.82 bits per heavy atom. The summed E-state index contributed by atoms with van der Waals surface area (Å²) >= 11 is 0. The van der Waals surface area contributed by atoms with Crippen molar-refractivity contribution in [3.05, 3.63) is 42.5 Å². The van der Waals surface area contributed by atoms with Gasteiger partial charge in [0.1, 0.15) is 18.2 Å². The zero-order chi connectivity index (χ0) is 28.4. The maximum Gasteiger partial charge on any atom is 0.241 e. The van der Waals surface area contributed by atoms with Crippen LogP contribution >= 0.6 is 0 Å². The van der Waals surface area contributed by atoms with E-state index in [9.17, 15) is 8.42 Å². The Morgan fingerprint density at radius 1 is 1.13 bits per heavy atom. The van der Waals surface area contributed by atoms with Crippen molar-refractivity contribution in [2.75, 3.05) is 38.3 Å². The Morgan fingerprint density at radius 3 is 2.46 bits per heavy atom. The molecule has 3 aromatic rings. The topological polar surface area (TPSA) is 122 Å². The van der Waals surface area contributed by atoms with Crippen LogP contribution in [-0.4, -0.2) is 80.5 Å². The molecular weight excluding hydrogens is 536 g/mol. The van der Waals surface area contributed by atoms with E-state index in [-0.39, 0.29) is 18.6 Å². The quantitative estimate of drug-likeness (QED) is 0.313. The van der Waals surface area contributed by atoms with E-state index in [4.69, 9.17) is 14.2 Å². The summed E-state index contributed by atoms with van der Waals surface area (Å²) in [6.45, 7) is 11.1. The van der Waals surface area contributed by atoms with Crippen molar-refractivity contribution >= 4 is 24.0 Å². The number of nitrogens with zero attached hydrogens (tertiary/aromatic N) is 6. The van der Waals surface area contributed by atoms with Gasteiger partial charge in [-0.15, -0.1) is 10.2 Å². The highest BCUT2D eigenvalue weighted by Crippen LogP contribution is 2.38. The predicted molar refractivity (Wildman–Crippen MR) is 153 cm³/mol. The number of aromatic nitrogens is 5. The number of fused-ring (bicyclic) bond motifs is 3. The van der Waals surface area contributed by atoms with Crippen molar-refractivity contribution < 1.29 is 22.6 Å². The maximum atomic E-state index is 14.4. The van der Waals surface area contributed by atoms with Crippen molar-refractivity contribution in [3.8, 4) is 22.9 Å². The third-order valence-corrected chi connectivity index (χ3v) is 11.1. The van der Waals surface area contributed by atoms with Crippen LogP contribution in [0, 0.1) is 0 Å². The minimum absolute atomic E-state index is 0.264. The second-order valence-electron chi connectivity index (χ2n) is 11.0. The standard InChI is InChI=1S/C26H38N6O5SSi/c1-18(24-27-14-21(36-4)15-28-24)19(2)38(33,34)31(12-13-39(5,6)7)26-30-29-25-22-10-8-9-11-23(22)37-17-20(16-35-3)32(25)26/h8-11,14-15,18-20H,12-13,16-17H2,1-7H3/t18-,19-,20-/m0/s1. The van der Waals surface area contributed by atoms with Gasteiger partial charge in [0.05, 0.1) is 43.0 Å². The van der Waals surface area contributed by atoms with Gasteiger partial charge in [0, 0.05) is 27.6 Å². The molecule has 3 atom stereocenters. The molecule has 11 nitrogen and oxygen atoms in total. The van der Waals surface area contributed by atoms with Crippen molar-refractivity contribution in [2.45, 2.75) is 56.7 Å². The smallest absolute Gasteiger partial charge is 0.241 e. The number of methoxy groups -OCH3 is 2. The number of rotatable bonds is 11. The van der Waals surface area contributed by atoms with Crippen LogP contribution in [0.5, 0.6) is 11.5 Å². The fourth-order valence-electron chi connectivity index (χ4n) is 4.44. The van der Waals surface area contributed by atoms with E-state index in [1.165, 1.54) is 11.4 Å². The average molecular weight is 575 g/mol. The van der Waals surface area contributed by atoms with Crippen LogP contribution < -0.4 is 13.8 Å². The number of ether oxygens (including phenoxy) is 3. The van der Waals surface area contributed by atoms with Crippen molar-refractivity contribution in [2.24, 2.45) is 0 Å². The third-order valence-electron chi connectivity index (χ3n) is 7.02. The van der Waals surface area contributed by atoms with Crippen LogP contribution in [0.2, 0.25) is 25.7 Å². The minimum atomic E-state index is -3.93. The van der Waals surface area contributed by atoms with E-state index < -0.39 is 29.3 Å². The zero-order valence-electron chi connectivity index (χ0n) is 23.7. The highest BCUT2D eigenvalue weighted by atomic mass is 32.2. The third kappa shape index (κ3) is 6.09. The van der Waals surface area contributed by atoms with Gasteiger partial charge in [0.2, 0.25) is 16.0 Å². The second-order valence-corrected chi connectivity index (χ2v) is 18.8. The van der Waals surface area contributed by atoms with Gasteiger partial charge in [0.25, 0.3) is 0 Å². The van der Waals surface area contributed by atoms with Gasteiger partial charge in [-0.3, -0.25) is 4.57 Å². The van der Waals surface area contributed by atoms with E-state index in [0.717, 1.165) is 11.6 Å². The first-order valence-electron chi connectivity index (χ1n) is 13.0. The van der Waals surface area contributed by atoms with Gasteiger partial charge in [-0.1, -0.05) is 38.7 Å². The summed E-state index contributed by atoms with van der Waals surface area (Å²) in [7, 11) is -2.42. The largest absolute Gasteiger partial charge is 0.494 e. The molecule has 1 aromatic carbocycles. The first kappa shape index (κ1) is 29.0. The number of benzene rings is 1. The van der Waals surface area contributed by atoms with Crippen LogP contribution in [0.1, 0.15) is 31.6 Å². The molecule has 0 amide bonds. The summed E-state index contributed by atoms with van der Waals surface area (Å²) in [5.41, 5.74) is 0.755. The summed E-state index contributed by atoms with van der Waals surface area (Å²) in [5, 5.41) is 8.15. The molecule has 0 fully saturated rings. The molecule has 0 saturated heterocycles. The lowest BCUT2D eigenvalue weighted by Crippen LogP contribution is -2.44. The lowest BCUT2D eigenvalue weighted by atomic mass is 10.1. The normalized spacial score (nSPS) is 16.8. The van der Waals surface area contributed by atoms with E-state index in [0.29, 0.717) is 36.3 Å². The molecule has 0 bridgehead atoms. The lowest BCUT2D eigenvalue weighted by molar-refractivity contribution is 0.126. The number of hydrogen-bond donors (Lipinski definition) is 0. The fraction of sp³-hybridized carbons (Fsp3) is 0.538. The van der Waals surface area contributed by atoms with Gasteiger partial charge in [0.15, 0.2) is 11.6 Å². The molecule has 0 saturated carbocycles. The molecule has 39 heavy (non-hydrogen) atoms. The molecule has 0 radical (unpaired) electrons.